The Kier molecular flexibility index (Phi) is 3.53. The summed E-state index contributed by atoms with van der Waals surface area (Å²) < 4.78 is 0. The number of rotatable bonds is 3. The molecule has 2 aliphatic rings. The average molecular weight is 300 g/mol. The number of aliphatic hydroxyl groups excluding tert-OH is 1. The van der Waals surface area contributed by atoms with Crippen LogP contribution in [0.2, 0.25) is 0 Å². The topological polar surface area (TPSA) is 78.8 Å². The predicted octanol–water partition coefficient (Wildman–Crippen LogP) is 1.90. The first-order chi connectivity index (χ1) is 10.2. The first-order valence-corrected chi connectivity index (χ1v) is 7.26. The first kappa shape index (κ1) is 13.5. The van der Waals surface area contributed by atoms with Gasteiger partial charge < -0.3 is 10.4 Å². The van der Waals surface area contributed by atoms with Gasteiger partial charge in [-0.2, -0.15) is 0 Å². The molecule has 3 rings (SSSR count). The third kappa shape index (κ3) is 2.57. The standard InChI is InChI=1S/C15H12N2O3S/c18-13-10-5-1-2-6-11(10)17-15(20)12(13)14(19)16-8-9-4-3-7-21-9/h1-7,10,18H,8H2,(H,16,19). The molecule has 2 heterocycles. The molecule has 21 heavy (non-hydrogen) atoms. The maximum Gasteiger partial charge on any atom is 0.286 e. The zero-order valence-electron chi connectivity index (χ0n) is 10.9. The van der Waals surface area contributed by atoms with Crippen LogP contribution in [0.25, 0.3) is 0 Å². The number of allylic oxidation sites excluding steroid dienone is 4. The molecule has 0 saturated carbocycles. The fraction of sp³-hybridized carbons (Fsp3) is 0.133. The van der Waals surface area contributed by atoms with Crippen LogP contribution in [0.3, 0.4) is 0 Å². The van der Waals surface area contributed by atoms with Gasteiger partial charge >= 0.3 is 0 Å². The molecule has 2 amide bonds. The summed E-state index contributed by atoms with van der Waals surface area (Å²) in [6.07, 6.45) is 6.83. The van der Waals surface area contributed by atoms with E-state index in [2.05, 4.69) is 10.3 Å². The Bertz CT molecular complexity index is 711. The van der Waals surface area contributed by atoms with E-state index in [1.807, 2.05) is 17.5 Å². The summed E-state index contributed by atoms with van der Waals surface area (Å²) in [5.74, 6) is -2.07. The first-order valence-electron chi connectivity index (χ1n) is 6.38. The van der Waals surface area contributed by atoms with E-state index in [1.165, 1.54) is 11.3 Å². The molecule has 1 aromatic heterocycles. The van der Waals surface area contributed by atoms with E-state index in [-0.39, 0.29) is 11.3 Å². The van der Waals surface area contributed by atoms with E-state index >= 15 is 0 Å². The highest BCUT2D eigenvalue weighted by molar-refractivity contribution is 7.09. The Morgan fingerprint density at radius 2 is 2.29 bits per heavy atom. The maximum absolute atomic E-state index is 12.1. The van der Waals surface area contributed by atoms with E-state index in [9.17, 15) is 14.7 Å². The van der Waals surface area contributed by atoms with Crippen molar-refractivity contribution in [1.29, 1.82) is 0 Å². The molecule has 1 aliphatic heterocycles. The number of aliphatic imine (C=N–C) groups is 1. The fourth-order valence-corrected chi connectivity index (χ4v) is 2.83. The van der Waals surface area contributed by atoms with Crippen molar-refractivity contribution in [2.45, 2.75) is 6.54 Å². The molecule has 6 heteroatoms. The number of hydrogen-bond donors (Lipinski definition) is 2. The Morgan fingerprint density at radius 3 is 3.05 bits per heavy atom. The number of carbonyl (C=O) groups is 2. The van der Waals surface area contributed by atoms with E-state index in [1.54, 1.807) is 24.3 Å². The molecular formula is C15H12N2O3S. The Balaban J connectivity index is 1.80. The van der Waals surface area contributed by atoms with Crippen LogP contribution in [0.15, 0.2) is 58.1 Å². The molecule has 1 aromatic rings. The quantitative estimate of drug-likeness (QED) is 0.837. The third-order valence-electron chi connectivity index (χ3n) is 3.23. The summed E-state index contributed by atoms with van der Waals surface area (Å²) >= 11 is 1.51. The van der Waals surface area contributed by atoms with Gasteiger partial charge in [0.05, 0.1) is 18.2 Å². The van der Waals surface area contributed by atoms with Crippen LogP contribution in [-0.4, -0.2) is 22.6 Å². The smallest absolute Gasteiger partial charge is 0.286 e. The molecule has 0 radical (unpaired) electrons. The highest BCUT2D eigenvalue weighted by atomic mass is 32.1. The zero-order chi connectivity index (χ0) is 14.8. The number of carbonyl (C=O) groups excluding carboxylic acids is 2. The van der Waals surface area contributed by atoms with Crippen molar-refractivity contribution in [3.63, 3.8) is 0 Å². The van der Waals surface area contributed by atoms with Gasteiger partial charge in [-0.3, -0.25) is 9.59 Å². The van der Waals surface area contributed by atoms with Gasteiger partial charge in [-0.05, 0) is 17.5 Å². The fourth-order valence-electron chi connectivity index (χ4n) is 2.19. The third-order valence-corrected chi connectivity index (χ3v) is 4.10. The zero-order valence-corrected chi connectivity index (χ0v) is 11.8. The minimum atomic E-state index is -0.706. The van der Waals surface area contributed by atoms with E-state index in [0.29, 0.717) is 12.3 Å². The van der Waals surface area contributed by atoms with Crippen LogP contribution < -0.4 is 5.32 Å². The molecule has 0 fully saturated rings. The molecule has 1 unspecified atom stereocenters. The molecule has 0 bridgehead atoms. The maximum atomic E-state index is 12.1. The predicted molar refractivity (Wildman–Crippen MR) is 80.0 cm³/mol. The van der Waals surface area contributed by atoms with Crippen LogP contribution in [0, 0.1) is 5.92 Å². The van der Waals surface area contributed by atoms with Gasteiger partial charge in [-0.1, -0.05) is 24.3 Å². The number of thiophene rings is 1. The van der Waals surface area contributed by atoms with E-state index in [4.69, 9.17) is 0 Å². The van der Waals surface area contributed by atoms with Gasteiger partial charge in [0.1, 0.15) is 11.3 Å². The van der Waals surface area contributed by atoms with Crippen molar-refractivity contribution < 1.29 is 14.7 Å². The van der Waals surface area contributed by atoms with Crippen LogP contribution in [0.4, 0.5) is 0 Å². The summed E-state index contributed by atoms with van der Waals surface area (Å²) in [4.78, 5) is 28.9. The second-order valence-corrected chi connectivity index (χ2v) is 5.62. The summed E-state index contributed by atoms with van der Waals surface area (Å²) in [7, 11) is 0. The van der Waals surface area contributed by atoms with Crippen LogP contribution in [0.5, 0.6) is 0 Å². The molecule has 1 aliphatic carbocycles. The van der Waals surface area contributed by atoms with Gasteiger partial charge in [-0.25, -0.2) is 4.99 Å². The van der Waals surface area contributed by atoms with Crippen molar-refractivity contribution in [3.8, 4) is 0 Å². The Hall–Kier alpha value is -2.47. The summed E-state index contributed by atoms with van der Waals surface area (Å²) in [6, 6.07) is 3.76. The number of nitrogens with zero attached hydrogens (tertiary/aromatic N) is 1. The summed E-state index contributed by atoms with van der Waals surface area (Å²) in [5, 5.41) is 14.7. The minimum Gasteiger partial charge on any atom is -0.510 e. The Labute approximate surface area is 125 Å². The molecule has 0 aromatic carbocycles. The lowest BCUT2D eigenvalue weighted by Crippen LogP contribution is -2.34. The summed E-state index contributed by atoms with van der Waals surface area (Å²) in [5.41, 5.74) is 0.176. The van der Waals surface area contributed by atoms with Crippen LogP contribution in [-0.2, 0) is 16.1 Å². The second-order valence-electron chi connectivity index (χ2n) is 4.59. The molecule has 5 nitrogen and oxygen atoms in total. The molecule has 0 saturated heterocycles. The molecule has 1 atom stereocenters. The van der Waals surface area contributed by atoms with Crippen molar-refractivity contribution >= 4 is 28.9 Å². The minimum absolute atomic E-state index is 0.241. The lowest BCUT2D eigenvalue weighted by molar-refractivity contribution is -0.122. The highest BCUT2D eigenvalue weighted by Gasteiger charge is 2.33. The number of fused-ring (bicyclic) bond motifs is 1. The normalized spacial score (nSPS) is 20.3. The van der Waals surface area contributed by atoms with Crippen molar-refractivity contribution in [2.24, 2.45) is 10.9 Å². The molecular weight excluding hydrogens is 288 g/mol. The molecule has 0 spiro atoms. The van der Waals surface area contributed by atoms with Gasteiger partial charge in [0.15, 0.2) is 0 Å². The van der Waals surface area contributed by atoms with Gasteiger partial charge in [0, 0.05) is 4.88 Å². The highest BCUT2D eigenvalue weighted by Crippen LogP contribution is 2.25. The van der Waals surface area contributed by atoms with Crippen molar-refractivity contribution in [1.82, 2.24) is 5.32 Å². The van der Waals surface area contributed by atoms with Crippen LogP contribution >= 0.6 is 11.3 Å². The largest absolute Gasteiger partial charge is 0.510 e. The Morgan fingerprint density at radius 1 is 1.43 bits per heavy atom. The number of dihydropyridines is 1. The lowest BCUT2D eigenvalue weighted by atomic mass is 9.90. The SMILES string of the molecule is O=C1N=C2C=CC=CC2C(O)=C1C(=O)NCc1cccs1. The van der Waals surface area contributed by atoms with E-state index < -0.39 is 17.7 Å². The van der Waals surface area contributed by atoms with Gasteiger partial charge in [0.25, 0.3) is 11.8 Å². The van der Waals surface area contributed by atoms with Crippen LogP contribution in [0.1, 0.15) is 4.88 Å². The monoisotopic (exact) mass is 300 g/mol. The van der Waals surface area contributed by atoms with E-state index in [0.717, 1.165) is 4.88 Å². The number of nitrogens with one attached hydrogen (secondary N) is 1. The molecule has 106 valence electrons. The number of amides is 2. The summed E-state index contributed by atoms with van der Waals surface area (Å²) in [6.45, 7) is 0.317. The van der Waals surface area contributed by atoms with Gasteiger partial charge in [0.2, 0.25) is 0 Å². The number of aliphatic hydroxyl groups is 1. The van der Waals surface area contributed by atoms with Crippen molar-refractivity contribution in [2.75, 3.05) is 0 Å². The lowest BCUT2D eigenvalue weighted by Gasteiger charge is -2.21. The molecule has 2 N–H and O–H groups in total. The average Bonchev–Trinajstić information content (AvgIpc) is 2.98. The second kappa shape index (κ2) is 5.49. The number of hydrogen-bond acceptors (Lipinski definition) is 4. The van der Waals surface area contributed by atoms with Crippen molar-refractivity contribution in [3.05, 3.63) is 58.0 Å². The van der Waals surface area contributed by atoms with Gasteiger partial charge in [-0.15, -0.1) is 11.3 Å².